The van der Waals surface area contributed by atoms with Crippen molar-refractivity contribution in [3.05, 3.63) is 40.7 Å². The highest BCUT2D eigenvalue weighted by Gasteiger charge is 2.19. The molecule has 1 aromatic rings. The summed E-state index contributed by atoms with van der Waals surface area (Å²) in [6, 6.07) is 3.58. The quantitative estimate of drug-likeness (QED) is 0.822. The Morgan fingerprint density at radius 3 is 2.60 bits per heavy atom. The number of hydrogen-bond acceptors (Lipinski definition) is 2. The van der Waals surface area contributed by atoms with Gasteiger partial charge in [-0.2, -0.15) is 0 Å². The molecule has 0 aliphatic heterocycles. The minimum absolute atomic E-state index is 0.0274. The van der Waals surface area contributed by atoms with E-state index in [9.17, 15) is 14.0 Å². The Morgan fingerprint density at radius 2 is 2.05 bits per heavy atom. The largest absolute Gasteiger partial charge is 0.481 e. The van der Waals surface area contributed by atoms with Crippen molar-refractivity contribution in [1.82, 2.24) is 5.32 Å². The molecule has 4 nitrogen and oxygen atoms in total. The molecule has 108 valence electrons. The predicted molar refractivity (Wildman–Crippen MR) is 74.8 cm³/mol. The zero-order chi connectivity index (χ0) is 15.3. The topological polar surface area (TPSA) is 66.4 Å². The molecule has 1 aromatic carbocycles. The van der Waals surface area contributed by atoms with E-state index in [1.54, 1.807) is 6.92 Å². The van der Waals surface area contributed by atoms with Gasteiger partial charge >= 0.3 is 5.97 Å². The molecule has 0 spiro atoms. The molecule has 20 heavy (non-hydrogen) atoms. The second-order valence-corrected chi connectivity index (χ2v) is 4.84. The number of benzene rings is 1. The molecule has 0 fully saturated rings. The molecule has 0 aromatic heterocycles. The minimum atomic E-state index is -0.980. The Balaban J connectivity index is 2.63. The van der Waals surface area contributed by atoms with Crippen molar-refractivity contribution in [3.63, 3.8) is 0 Å². The standard InChI is InChI=1S/C14H15ClFNO3/c1-8(14(19)20)9(2)17-13(18)6-4-10-3-5-12(16)11(15)7-10/h3-9H,1-2H3,(H,17,18)(H,19,20)/b6-4+. The number of nitrogens with one attached hydrogen (secondary N) is 1. The van der Waals surface area contributed by atoms with Gasteiger partial charge in [-0.05, 0) is 37.6 Å². The fourth-order valence-electron chi connectivity index (χ4n) is 1.40. The second-order valence-electron chi connectivity index (χ2n) is 4.43. The van der Waals surface area contributed by atoms with Crippen molar-refractivity contribution >= 4 is 29.6 Å². The van der Waals surface area contributed by atoms with Crippen LogP contribution >= 0.6 is 11.6 Å². The van der Waals surface area contributed by atoms with Crippen LogP contribution in [0.25, 0.3) is 6.08 Å². The number of carboxylic acid groups (broad SMARTS) is 1. The van der Waals surface area contributed by atoms with E-state index in [0.717, 1.165) is 0 Å². The van der Waals surface area contributed by atoms with Gasteiger partial charge in [-0.1, -0.05) is 17.7 Å². The highest BCUT2D eigenvalue weighted by Crippen LogP contribution is 2.16. The zero-order valence-corrected chi connectivity index (χ0v) is 11.8. The van der Waals surface area contributed by atoms with Crippen LogP contribution in [0.3, 0.4) is 0 Å². The first-order chi connectivity index (χ1) is 9.31. The number of amides is 1. The summed E-state index contributed by atoms with van der Waals surface area (Å²) >= 11 is 5.62. The van der Waals surface area contributed by atoms with Crippen LogP contribution in [0.4, 0.5) is 4.39 Å². The summed E-state index contributed by atoms with van der Waals surface area (Å²) < 4.78 is 12.9. The van der Waals surface area contributed by atoms with Gasteiger partial charge in [-0.25, -0.2) is 4.39 Å². The molecule has 0 aliphatic rings. The lowest BCUT2D eigenvalue weighted by Gasteiger charge is -2.16. The summed E-state index contributed by atoms with van der Waals surface area (Å²) in [7, 11) is 0. The van der Waals surface area contributed by atoms with Crippen molar-refractivity contribution in [3.8, 4) is 0 Å². The first-order valence-electron chi connectivity index (χ1n) is 5.97. The van der Waals surface area contributed by atoms with Gasteiger partial charge in [-0.15, -0.1) is 0 Å². The molecule has 1 rings (SSSR count). The summed E-state index contributed by atoms with van der Waals surface area (Å²) in [6.45, 7) is 3.12. The molecular weight excluding hydrogens is 285 g/mol. The van der Waals surface area contributed by atoms with Gasteiger partial charge in [0, 0.05) is 12.1 Å². The van der Waals surface area contributed by atoms with E-state index < -0.39 is 29.7 Å². The maximum absolute atomic E-state index is 12.9. The average molecular weight is 300 g/mol. The zero-order valence-electron chi connectivity index (χ0n) is 11.1. The first kappa shape index (κ1) is 16.2. The fourth-order valence-corrected chi connectivity index (χ4v) is 1.59. The van der Waals surface area contributed by atoms with E-state index in [2.05, 4.69) is 5.32 Å². The smallest absolute Gasteiger partial charge is 0.308 e. The van der Waals surface area contributed by atoms with Crippen LogP contribution in [0, 0.1) is 11.7 Å². The number of aliphatic carboxylic acids is 1. The average Bonchev–Trinajstić information content (AvgIpc) is 2.39. The van der Waals surface area contributed by atoms with Gasteiger partial charge in [0.2, 0.25) is 5.91 Å². The molecule has 2 N–H and O–H groups in total. The molecule has 2 unspecified atom stereocenters. The Morgan fingerprint density at radius 1 is 1.40 bits per heavy atom. The van der Waals surface area contributed by atoms with E-state index in [1.165, 1.54) is 37.3 Å². The van der Waals surface area contributed by atoms with Gasteiger partial charge < -0.3 is 10.4 Å². The number of halogens is 2. The van der Waals surface area contributed by atoms with Crippen LogP contribution in [-0.2, 0) is 9.59 Å². The maximum atomic E-state index is 12.9. The number of carboxylic acids is 1. The third kappa shape index (κ3) is 4.66. The van der Waals surface area contributed by atoms with Crippen molar-refractivity contribution < 1.29 is 19.1 Å². The number of rotatable bonds is 5. The lowest BCUT2D eigenvalue weighted by molar-refractivity contribution is -0.142. The van der Waals surface area contributed by atoms with Gasteiger partial charge in [-0.3, -0.25) is 9.59 Å². The summed E-state index contributed by atoms with van der Waals surface area (Å²) in [4.78, 5) is 22.4. The van der Waals surface area contributed by atoms with Crippen LogP contribution in [0.1, 0.15) is 19.4 Å². The molecule has 0 heterocycles. The normalized spacial score (nSPS) is 14.0. The summed E-state index contributed by atoms with van der Waals surface area (Å²) in [5, 5.41) is 11.3. The Kier molecular flexibility index (Phi) is 5.70. The van der Waals surface area contributed by atoms with Crippen LogP contribution in [0.15, 0.2) is 24.3 Å². The van der Waals surface area contributed by atoms with Crippen molar-refractivity contribution in [2.45, 2.75) is 19.9 Å². The molecule has 2 atom stereocenters. The fraction of sp³-hybridized carbons (Fsp3) is 0.286. The van der Waals surface area contributed by atoms with Crippen LogP contribution in [0.5, 0.6) is 0 Å². The highest BCUT2D eigenvalue weighted by atomic mass is 35.5. The molecule has 0 aliphatic carbocycles. The molecule has 1 amide bonds. The van der Waals surface area contributed by atoms with Crippen molar-refractivity contribution in [2.75, 3.05) is 0 Å². The van der Waals surface area contributed by atoms with E-state index in [0.29, 0.717) is 5.56 Å². The van der Waals surface area contributed by atoms with Gasteiger partial charge in [0.05, 0.1) is 10.9 Å². The van der Waals surface area contributed by atoms with E-state index in [4.69, 9.17) is 16.7 Å². The summed E-state index contributed by atoms with van der Waals surface area (Å²) in [5.41, 5.74) is 0.575. The van der Waals surface area contributed by atoms with Gasteiger partial charge in [0.15, 0.2) is 0 Å². The monoisotopic (exact) mass is 299 g/mol. The van der Waals surface area contributed by atoms with Gasteiger partial charge in [0.1, 0.15) is 5.82 Å². The van der Waals surface area contributed by atoms with Crippen molar-refractivity contribution in [1.29, 1.82) is 0 Å². The molecular formula is C14H15ClFNO3. The first-order valence-corrected chi connectivity index (χ1v) is 6.35. The highest BCUT2D eigenvalue weighted by molar-refractivity contribution is 6.30. The number of hydrogen-bond donors (Lipinski definition) is 2. The molecule has 0 radical (unpaired) electrons. The predicted octanol–water partition coefficient (Wildman–Crippen LogP) is 2.72. The summed E-state index contributed by atoms with van der Waals surface area (Å²) in [6.07, 6.45) is 2.72. The lowest BCUT2D eigenvalue weighted by atomic mass is 10.0. The van der Waals surface area contributed by atoms with E-state index in [1.807, 2.05) is 0 Å². The molecule has 0 bridgehead atoms. The SMILES string of the molecule is CC(NC(=O)/C=C/c1ccc(F)c(Cl)c1)C(C)C(=O)O. The maximum Gasteiger partial charge on any atom is 0.308 e. The third-order valence-electron chi connectivity index (χ3n) is 2.88. The van der Waals surface area contributed by atoms with Crippen LogP contribution < -0.4 is 5.32 Å². The Hall–Kier alpha value is -1.88. The Bertz CT molecular complexity index is 545. The van der Waals surface area contributed by atoms with Crippen LogP contribution in [-0.4, -0.2) is 23.0 Å². The Labute approximate surface area is 121 Å². The molecule has 0 saturated heterocycles. The second kappa shape index (κ2) is 7.05. The number of carbonyl (C=O) groups is 2. The minimum Gasteiger partial charge on any atom is -0.481 e. The summed E-state index contributed by atoms with van der Waals surface area (Å²) in [5.74, 6) is -2.62. The molecule has 6 heteroatoms. The molecule has 0 saturated carbocycles. The van der Waals surface area contributed by atoms with E-state index in [-0.39, 0.29) is 5.02 Å². The lowest BCUT2D eigenvalue weighted by Crippen LogP contribution is -2.39. The van der Waals surface area contributed by atoms with Crippen LogP contribution in [0.2, 0.25) is 5.02 Å². The number of carbonyl (C=O) groups excluding carboxylic acids is 1. The third-order valence-corrected chi connectivity index (χ3v) is 3.17. The van der Waals surface area contributed by atoms with Crippen molar-refractivity contribution in [2.24, 2.45) is 5.92 Å². The van der Waals surface area contributed by atoms with Gasteiger partial charge in [0.25, 0.3) is 0 Å². The van der Waals surface area contributed by atoms with E-state index >= 15 is 0 Å².